The number of hydrogen-bond acceptors (Lipinski definition) is 10. The summed E-state index contributed by atoms with van der Waals surface area (Å²) in [5.41, 5.74) is 3.31. The summed E-state index contributed by atoms with van der Waals surface area (Å²) < 4.78 is 14.0. The Labute approximate surface area is 199 Å². The molecular formula is C24H12N6O2S2. The Morgan fingerprint density at radius 1 is 0.500 bits per heavy atom. The zero-order chi connectivity index (χ0) is 22.5. The average Bonchev–Trinajstić information content (AvgIpc) is 3.67. The fourth-order valence-corrected chi connectivity index (χ4v) is 5.34. The van der Waals surface area contributed by atoms with Crippen LogP contribution in [-0.2, 0) is 0 Å². The molecule has 0 spiro atoms. The van der Waals surface area contributed by atoms with E-state index in [1.807, 2.05) is 72.8 Å². The lowest BCUT2D eigenvalue weighted by Crippen LogP contribution is -1.82. The monoisotopic (exact) mass is 480 g/mol. The van der Waals surface area contributed by atoms with Gasteiger partial charge in [0, 0.05) is 11.1 Å². The number of thiazole rings is 2. The Morgan fingerprint density at radius 2 is 0.971 bits per heavy atom. The smallest absolute Gasteiger partial charge is 0.277 e. The van der Waals surface area contributed by atoms with Crippen molar-refractivity contribution < 1.29 is 8.83 Å². The van der Waals surface area contributed by atoms with Gasteiger partial charge < -0.3 is 8.83 Å². The molecule has 3 aromatic carbocycles. The van der Waals surface area contributed by atoms with Crippen LogP contribution in [0.15, 0.2) is 81.6 Å². The van der Waals surface area contributed by atoms with Gasteiger partial charge in [-0.1, -0.05) is 30.3 Å². The maximum Gasteiger partial charge on any atom is 0.277 e. The summed E-state index contributed by atoms with van der Waals surface area (Å²) in [7, 11) is 0. The lowest BCUT2D eigenvalue weighted by molar-refractivity contribution is 0.582. The van der Waals surface area contributed by atoms with Crippen molar-refractivity contribution in [2.24, 2.45) is 0 Å². The maximum absolute atomic E-state index is 5.94. The first-order chi connectivity index (χ1) is 16.8. The van der Waals surface area contributed by atoms with E-state index in [0.717, 1.165) is 31.6 Å². The number of rotatable bonds is 4. The highest BCUT2D eigenvalue weighted by atomic mass is 32.1. The highest BCUT2D eigenvalue weighted by molar-refractivity contribution is 7.21. The largest absolute Gasteiger partial charge is 0.414 e. The van der Waals surface area contributed by atoms with Crippen molar-refractivity contribution in [3.63, 3.8) is 0 Å². The number of aromatic nitrogens is 6. The molecule has 0 fully saturated rings. The average molecular weight is 481 g/mol. The molecule has 0 aliphatic heterocycles. The number of fused-ring (bicyclic) bond motifs is 2. The highest BCUT2D eigenvalue weighted by Crippen LogP contribution is 2.33. The molecule has 0 saturated carbocycles. The molecule has 0 atom stereocenters. The van der Waals surface area contributed by atoms with Crippen LogP contribution < -0.4 is 0 Å². The minimum absolute atomic E-state index is 0.387. The predicted octanol–water partition coefficient (Wildman–Crippen LogP) is 6.34. The van der Waals surface area contributed by atoms with Crippen LogP contribution in [-0.4, -0.2) is 30.4 Å². The van der Waals surface area contributed by atoms with Gasteiger partial charge in [-0.3, -0.25) is 0 Å². The summed E-state index contributed by atoms with van der Waals surface area (Å²) in [6, 6.07) is 23.4. The molecule has 0 N–H and O–H groups in total. The molecule has 8 nitrogen and oxygen atoms in total. The molecule has 0 aliphatic carbocycles. The van der Waals surface area contributed by atoms with Crippen molar-refractivity contribution in [1.29, 1.82) is 0 Å². The van der Waals surface area contributed by atoms with Crippen LogP contribution in [0.1, 0.15) is 0 Å². The van der Waals surface area contributed by atoms with Gasteiger partial charge in [-0.2, -0.15) is 0 Å². The zero-order valence-corrected chi connectivity index (χ0v) is 18.9. The minimum atomic E-state index is 0.387. The molecular weight excluding hydrogens is 468 g/mol. The number of benzene rings is 3. The molecule has 7 rings (SSSR count). The van der Waals surface area contributed by atoms with Gasteiger partial charge in [0.1, 0.15) is 0 Å². The van der Waals surface area contributed by atoms with Crippen LogP contribution in [0, 0.1) is 0 Å². The standard InChI is InChI=1S/C24H12N6O2S2/c1-3-10-17-15(8-1)25-23(33-17)21-29-27-19(31-21)13-6-5-7-14(12-13)20-28-30-22(32-20)24-26-16-9-2-4-11-18(16)34-24/h1-12H. The molecule has 4 aromatic heterocycles. The van der Waals surface area contributed by atoms with E-state index in [2.05, 4.69) is 30.4 Å². The molecule has 0 amide bonds. The summed E-state index contributed by atoms with van der Waals surface area (Å²) in [5.74, 6) is 1.55. The number of para-hydroxylation sites is 2. The van der Waals surface area contributed by atoms with Crippen molar-refractivity contribution in [1.82, 2.24) is 30.4 Å². The maximum atomic E-state index is 5.94. The predicted molar refractivity (Wildman–Crippen MR) is 130 cm³/mol. The lowest BCUT2D eigenvalue weighted by atomic mass is 10.1. The van der Waals surface area contributed by atoms with Gasteiger partial charge in [0.05, 0.1) is 20.4 Å². The van der Waals surface area contributed by atoms with E-state index in [0.29, 0.717) is 33.6 Å². The normalized spacial score (nSPS) is 11.5. The van der Waals surface area contributed by atoms with Crippen LogP contribution in [0.5, 0.6) is 0 Å². The van der Waals surface area contributed by atoms with Crippen LogP contribution in [0.4, 0.5) is 0 Å². The summed E-state index contributed by atoms with van der Waals surface area (Å²) in [6.07, 6.45) is 0. The second kappa shape index (κ2) is 7.65. The molecule has 0 unspecified atom stereocenters. The first-order valence-electron chi connectivity index (χ1n) is 10.3. The molecule has 0 aliphatic rings. The van der Waals surface area contributed by atoms with Crippen molar-refractivity contribution in [2.45, 2.75) is 0 Å². The Hall–Kier alpha value is -4.28. The summed E-state index contributed by atoms with van der Waals surface area (Å²) >= 11 is 3.03. The molecule has 4 heterocycles. The Bertz CT molecular complexity index is 1600. The van der Waals surface area contributed by atoms with Crippen molar-refractivity contribution in [3.05, 3.63) is 72.8 Å². The van der Waals surface area contributed by atoms with Crippen LogP contribution in [0.2, 0.25) is 0 Å². The highest BCUT2D eigenvalue weighted by Gasteiger charge is 2.18. The van der Waals surface area contributed by atoms with E-state index in [9.17, 15) is 0 Å². The van der Waals surface area contributed by atoms with E-state index in [1.165, 1.54) is 22.7 Å². The van der Waals surface area contributed by atoms with Crippen molar-refractivity contribution in [3.8, 4) is 44.7 Å². The molecule has 34 heavy (non-hydrogen) atoms. The van der Waals surface area contributed by atoms with Gasteiger partial charge in [-0.05, 0) is 42.5 Å². The van der Waals surface area contributed by atoms with Gasteiger partial charge >= 0.3 is 0 Å². The van der Waals surface area contributed by atoms with Gasteiger partial charge in [0.2, 0.25) is 11.8 Å². The summed E-state index contributed by atoms with van der Waals surface area (Å²) in [6.45, 7) is 0. The zero-order valence-electron chi connectivity index (χ0n) is 17.2. The van der Waals surface area contributed by atoms with E-state index >= 15 is 0 Å². The van der Waals surface area contributed by atoms with Crippen molar-refractivity contribution >= 4 is 43.1 Å². The Balaban J connectivity index is 1.20. The summed E-state index contributed by atoms with van der Waals surface area (Å²) in [5, 5.41) is 18.2. The molecule has 7 aromatic rings. The Kier molecular flexibility index (Phi) is 4.32. The second-order valence-corrected chi connectivity index (χ2v) is 9.44. The first-order valence-corrected chi connectivity index (χ1v) is 11.9. The molecule has 0 bridgehead atoms. The first kappa shape index (κ1) is 19.2. The quantitative estimate of drug-likeness (QED) is 0.287. The molecule has 10 heteroatoms. The van der Waals surface area contributed by atoms with Crippen LogP contribution >= 0.6 is 22.7 Å². The van der Waals surface area contributed by atoms with Crippen LogP contribution in [0.3, 0.4) is 0 Å². The van der Waals surface area contributed by atoms with Gasteiger partial charge in [0.25, 0.3) is 11.8 Å². The SMILES string of the molecule is c1cc(-c2nnc(-c3nc4ccccc4s3)o2)cc(-c2nnc(-c3nc4ccccc4s3)o2)c1. The Morgan fingerprint density at radius 3 is 1.47 bits per heavy atom. The third-order valence-corrected chi connectivity index (χ3v) is 7.21. The topological polar surface area (TPSA) is 104 Å². The molecule has 162 valence electrons. The van der Waals surface area contributed by atoms with E-state index in [4.69, 9.17) is 8.83 Å². The third kappa shape index (κ3) is 3.28. The second-order valence-electron chi connectivity index (χ2n) is 7.38. The molecule has 0 radical (unpaired) electrons. The van der Waals surface area contributed by atoms with E-state index in [1.54, 1.807) is 0 Å². The lowest BCUT2D eigenvalue weighted by Gasteiger charge is -1.98. The molecule has 0 saturated heterocycles. The van der Waals surface area contributed by atoms with Gasteiger partial charge in [-0.25, -0.2) is 9.97 Å². The fraction of sp³-hybridized carbons (Fsp3) is 0. The third-order valence-electron chi connectivity index (χ3n) is 5.16. The van der Waals surface area contributed by atoms with Crippen LogP contribution in [0.25, 0.3) is 65.1 Å². The fourth-order valence-electron chi connectivity index (χ4n) is 3.57. The number of nitrogens with zero attached hydrogens (tertiary/aromatic N) is 6. The van der Waals surface area contributed by atoms with Gasteiger partial charge in [0.15, 0.2) is 10.0 Å². The minimum Gasteiger partial charge on any atom is -0.414 e. The van der Waals surface area contributed by atoms with Gasteiger partial charge in [-0.15, -0.1) is 43.1 Å². The van der Waals surface area contributed by atoms with E-state index in [-0.39, 0.29) is 0 Å². The number of hydrogen-bond donors (Lipinski definition) is 0. The summed E-state index contributed by atoms with van der Waals surface area (Å²) in [4.78, 5) is 9.17. The van der Waals surface area contributed by atoms with E-state index < -0.39 is 0 Å². The van der Waals surface area contributed by atoms with Crippen molar-refractivity contribution in [2.75, 3.05) is 0 Å².